The molecular formula is C15H17N5OS. The molecule has 1 unspecified atom stereocenters. The molecule has 2 aromatic heterocycles. The fourth-order valence-electron chi connectivity index (χ4n) is 2.78. The second kappa shape index (κ2) is 6.73. The molecule has 7 heteroatoms. The zero-order valence-electron chi connectivity index (χ0n) is 12.1. The first-order valence-corrected chi connectivity index (χ1v) is 8.13. The number of nitriles is 1. The minimum absolute atomic E-state index is 0.0636. The number of aromatic nitrogens is 2. The summed E-state index contributed by atoms with van der Waals surface area (Å²) in [5, 5.41) is 18.5. The van der Waals surface area contributed by atoms with Crippen LogP contribution in [0.3, 0.4) is 0 Å². The number of nitrogens with one attached hydrogen (secondary N) is 1. The SMILES string of the molecule is N#Cc1ccsc1NC(=O)CN1CCCC1Cn1cccn1. The van der Waals surface area contributed by atoms with Crippen molar-refractivity contribution in [3.8, 4) is 6.07 Å². The van der Waals surface area contributed by atoms with Crippen LogP contribution in [0.25, 0.3) is 0 Å². The van der Waals surface area contributed by atoms with Gasteiger partial charge in [-0.1, -0.05) is 0 Å². The number of hydrogen-bond acceptors (Lipinski definition) is 5. The van der Waals surface area contributed by atoms with Crippen LogP contribution in [0, 0.1) is 11.3 Å². The summed E-state index contributed by atoms with van der Waals surface area (Å²) in [6.07, 6.45) is 5.89. The van der Waals surface area contributed by atoms with Crippen LogP contribution in [-0.2, 0) is 11.3 Å². The molecule has 0 aliphatic carbocycles. The van der Waals surface area contributed by atoms with Crippen LogP contribution in [0.5, 0.6) is 0 Å². The molecule has 0 radical (unpaired) electrons. The molecule has 1 aliphatic rings. The monoisotopic (exact) mass is 315 g/mol. The molecule has 0 saturated carbocycles. The lowest BCUT2D eigenvalue weighted by atomic mass is 10.2. The molecule has 1 fully saturated rings. The van der Waals surface area contributed by atoms with E-state index in [9.17, 15) is 4.79 Å². The number of carbonyl (C=O) groups excluding carboxylic acids is 1. The Balaban J connectivity index is 1.57. The Morgan fingerprint density at radius 3 is 3.27 bits per heavy atom. The molecular weight excluding hydrogens is 298 g/mol. The average molecular weight is 315 g/mol. The molecule has 1 atom stereocenters. The van der Waals surface area contributed by atoms with Crippen LogP contribution in [-0.4, -0.2) is 39.7 Å². The third-order valence-electron chi connectivity index (χ3n) is 3.84. The van der Waals surface area contributed by atoms with Gasteiger partial charge < -0.3 is 5.32 Å². The van der Waals surface area contributed by atoms with E-state index >= 15 is 0 Å². The van der Waals surface area contributed by atoms with E-state index in [0.29, 0.717) is 23.2 Å². The van der Waals surface area contributed by atoms with Gasteiger partial charge in [-0.25, -0.2) is 0 Å². The lowest BCUT2D eigenvalue weighted by Gasteiger charge is -2.23. The third kappa shape index (κ3) is 3.35. The van der Waals surface area contributed by atoms with Gasteiger partial charge in [-0.05, 0) is 36.9 Å². The minimum Gasteiger partial charge on any atom is -0.315 e. The Kier molecular flexibility index (Phi) is 4.51. The van der Waals surface area contributed by atoms with Crippen molar-refractivity contribution in [3.05, 3.63) is 35.5 Å². The van der Waals surface area contributed by atoms with Crippen LogP contribution in [0.2, 0.25) is 0 Å². The molecule has 6 nitrogen and oxygen atoms in total. The quantitative estimate of drug-likeness (QED) is 0.915. The summed E-state index contributed by atoms with van der Waals surface area (Å²) in [6.45, 7) is 2.09. The summed E-state index contributed by atoms with van der Waals surface area (Å²) in [4.78, 5) is 14.4. The van der Waals surface area contributed by atoms with E-state index < -0.39 is 0 Å². The Hall–Kier alpha value is -2.17. The van der Waals surface area contributed by atoms with E-state index in [4.69, 9.17) is 5.26 Å². The number of rotatable bonds is 5. The maximum atomic E-state index is 12.2. The van der Waals surface area contributed by atoms with E-state index in [-0.39, 0.29) is 5.91 Å². The fraction of sp³-hybridized carbons (Fsp3) is 0.400. The van der Waals surface area contributed by atoms with Crippen molar-refractivity contribution in [2.75, 3.05) is 18.4 Å². The highest BCUT2D eigenvalue weighted by Gasteiger charge is 2.26. The van der Waals surface area contributed by atoms with Crippen molar-refractivity contribution in [1.82, 2.24) is 14.7 Å². The molecule has 2 aromatic rings. The highest BCUT2D eigenvalue weighted by Crippen LogP contribution is 2.23. The van der Waals surface area contributed by atoms with Gasteiger partial charge in [0.1, 0.15) is 11.1 Å². The predicted molar refractivity (Wildman–Crippen MR) is 84.5 cm³/mol. The average Bonchev–Trinajstić information content (AvgIpc) is 3.22. The molecule has 114 valence electrons. The standard InChI is InChI=1S/C15H17N5OS/c16-9-12-4-8-22-15(12)18-14(21)11-19-6-1-3-13(19)10-20-7-2-5-17-20/h2,4-5,7-8,13H,1,3,6,10-11H2,(H,18,21). The maximum Gasteiger partial charge on any atom is 0.239 e. The first-order valence-electron chi connectivity index (χ1n) is 7.25. The normalized spacial score (nSPS) is 18.2. The number of carbonyl (C=O) groups is 1. The van der Waals surface area contributed by atoms with Crippen LogP contribution in [0.4, 0.5) is 5.00 Å². The van der Waals surface area contributed by atoms with Gasteiger partial charge in [0.2, 0.25) is 5.91 Å². The van der Waals surface area contributed by atoms with Crippen LogP contribution in [0.1, 0.15) is 18.4 Å². The highest BCUT2D eigenvalue weighted by atomic mass is 32.1. The Morgan fingerprint density at radius 2 is 2.50 bits per heavy atom. The smallest absolute Gasteiger partial charge is 0.239 e. The zero-order valence-corrected chi connectivity index (χ0v) is 12.9. The fourth-order valence-corrected chi connectivity index (χ4v) is 3.53. The molecule has 3 heterocycles. The maximum absolute atomic E-state index is 12.2. The second-order valence-electron chi connectivity index (χ2n) is 5.32. The summed E-state index contributed by atoms with van der Waals surface area (Å²) >= 11 is 1.38. The zero-order chi connectivity index (χ0) is 15.4. The van der Waals surface area contributed by atoms with Crippen LogP contribution in [0.15, 0.2) is 29.9 Å². The number of anilines is 1. The van der Waals surface area contributed by atoms with Crippen molar-refractivity contribution >= 4 is 22.2 Å². The molecule has 1 aliphatic heterocycles. The molecule has 22 heavy (non-hydrogen) atoms. The first kappa shape index (κ1) is 14.8. The van der Waals surface area contributed by atoms with Gasteiger partial charge in [0, 0.05) is 18.4 Å². The van der Waals surface area contributed by atoms with Gasteiger partial charge in [-0.2, -0.15) is 10.4 Å². The van der Waals surface area contributed by atoms with Gasteiger partial charge in [-0.15, -0.1) is 11.3 Å². The third-order valence-corrected chi connectivity index (χ3v) is 4.67. The van der Waals surface area contributed by atoms with Crippen molar-refractivity contribution in [2.24, 2.45) is 0 Å². The van der Waals surface area contributed by atoms with Crippen molar-refractivity contribution in [3.63, 3.8) is 0 Å². The van der Waals surface area contributed by atoms with E-state index in [1.807, 2.05) is 22.3 Å². The van der Waals surface area contributed by atoms with Gasteiger partial charge >= 0.3 is 0 Å². The van der Waals surface area contributed by atoms with Gasteiger partial charge in [0.05, 0.1) is 18.7 Å². The summed E-state index contributed by atoms with van der Waals surface area (Å²) in [6, 6.07) is 6.05. The minimum atomic E-state index is -0.0636. The van der Waals surface area contributed by atoms with Gasteiger partial charge in [0.25, 0.3) is 0 Å². The van der Waals surface area contributed by atoms with E-state index in [2.05, 4.69) is 21.4 Å². The van der Waals surface area contributed by atoms with Crippen LogP contribution < -0.4 is 5.32 Å². The molecule has 3 rings (SSSR count). The number of nitrogens with zero attached hydrogens (tertiary/aromatic N) is 4. The van der Waals surface area contributed by atoms with E-state index in [1.54, 1.807) is 12.3 Å². The number of thiophene rings is 1. The molecule has 0 bridgehead atoms. The van der Waals surface area contributed by atoms with E-state index in [0.717, 1.165) is 25.9 Å². The Labute approximate surface area is 133 Å². The van der Waals surface area contributed by atoms with Crippen molar-refractivity contribution in [1.29, 1.82) is 5.26 Å². The topological polar surface area (TPSA) is 74.0 Å². The van der Waals surface area contributed by atoms with Gasteiger partial charge in [0.15, 0.2) is 0 Å². The lowest BCUT2D eigenvalue weighted by Crippen LogP contribution is -2.39. The number of hydrogen-bond donors (Lipinski definition) is 1. The van der Waals surface area contributed by atoms with Crippen molar-refractivity contribution < 1.29 is 4.79 Å². The summed E-state index contributed by atoms with van der Waals surface area (Å²) in [5.41, 5.74) is 0.521. The van der Waals surface area contributed by atoms with Crippen LogP contribution >= 0.6 is 11.3 Å². The molecule has 1 N–H and O–H groups in total. The Bertz CT molecular complexity index is 672. The first-order chi connectivity index (χ1) is 10.8. The summed E-state index contributed by atoms with van der Waals surface area (Å²) in [5.74, 6) is -0.0636. The van der Waals surface area contributed by atoms with E-state index in [1.165, 1.54) is 11.3 Å². The summed E-state index contributed by atoms with van der Waals surface area (Å²) < 4.78 is 1.91. The Morgan fingerprint density at radius 1 is 1.59 bits per heavy atom. The second-order valence-corrected chi connectivity index (χ2v) is 6.23. The molecule has 0 aromatic carbocycles. The predicted octanol–water partition coefficient (Wildman–Crippen LogP) is 1.92. The number of amides is 1. The molecule has 0 spiro atoms. The van der Waals surface area contributed by atoms with Crippen molar-refractivity contribution in [2.45, 2.75) is 25.4 Å². The van der Waals surface area contributed by atoms with Gasteiger partial charge in [-0.3, -0.25) is 14.4 Å². The largest absolute Gasteiger partial charge is 0.315 e. The molecule has 1 saturated heterocycles. The molecule has 1 amide bonds. The lowest BCUT2D eigenvalue weighted by molar-refractivity contribution is -0.117. The number of likely N-dealkylation sites (tertiary alicyclic amines) is 1. The summed E-state index contributed by atoms with van der Waals surface area (Å²) in [7, 11) is 0. The highest BCUT2D eigenvalue weighted by molar-refractivity contribution is 7.14.